The summed E-state index contributed by atoms with van der Waals surface area (Å²) >= 11 is 0. The lowest BCUT2D eigenvalue weighted by Crippen LogP contribution is -2.58. The van der Waals surface area contributed by atoms with E-state index in [4.69, 9.17) is 4.74 Å². The second-order valence-electron chi connectivity index (χ2n) is 5.03. The quantitative estimate of drug-likeness (QED) is 0.560. The van der Waals surface area contributed by atoms with E-state index in [-0.39, 0.29) is 30.4 Å². The van der Waals surface area contributed by atoms with Crippen molar-refractivity contribution in [3.63, 3.8) is 0 Å². The number of nitrogens with one attached hydrogen (secondary N) is 2. The van der Waals surface area contributed by atoms with E-state index in [1.807, 2.05) is 0 Å². The zero-order chi connectivity index (χ0) is 15.1. The van der Waals surface area contributed by atoms with Crippen molar-refractivity contribution in [1.29, 1.82) is 0 Å². The number of nitrogens with zero attached hydrogens (tertiary/aromatic N) is 1. The fraction of sp³-hybridized carbons (Fsp3) is 0.769. The van der Waals surface area contributed by atoms with E-state index >= 15 is 0 Å². The molecule has 1 heterocycles. The smallest absolute Gasteiger partial charge is 0.318 e. The van der Waals surface area contributed by atoms with Crippen molar-refractivity contribution in [2.24, 2.45) is 0 Å². The van der Waals surface area contributed by atoms with Gasteiger partial charge in [-0.25, -0.2) is 4.79 Å². The Balaban J connectivity index is 2.23. The highest BCUT2D eigenvalue weighted by Crippen LogP contribution is 2.04. The van der Waals surface area contributed by atoms with E-state index in [9.17, 15) is 14.4 Å². The molecule has 114 valence electrons. The van der Waals surface area contributed by atoms with Gasteiger partial charge in [-0.05, 0) is 27.2 Å². The normalized spacial score (nSPS) is 18.7. The molecular weight excluding hydrogens is 262 g/mol. The SMILES string of the molecule is CC(C)OC(=O)CCCNC(=O)N1CCNC(=O)C1C. The molecular formula is C13H23N3O4. The van der Waals surface area contributed by atoms with Crippen LogP contribution in [0, 0.1) is 0 Å². The fourth-order valence-corrected chi connectivity index (χ4v) is 1.91. The highest BCUT2D eigenvalue weighted by molar-refractivity contribution is 5.87. The van der Waals surface area contributed by atoms with Crippen LogP contribution in [0.25, 0.3) is 0 Å². The van der Waals surface area contributed by atoms with Crippen molar-refractivity contribution < 1.29 is 19.1 Å². The number of carbonyl (C=O) groups excluding carboxylic acids is 3. The molecule has 1 unspecified atom stereocenters. The minimum Gasteiger partial charge on any atom is -0.463 e. The van der Waals surface area contributed by atoms with Crippen molar-refractivity contribution in [1.82, 2.24) is 15.5 Å². The molecule has 20 heavy (non-hydrogen) atoms. The van der Waals surface area contributed by atoms with Crippen LogP contribution in [-0.4, -0.2) is 54.6 Å². The molecule has 2 N–H and O–H groups in total. The molecule has 7 nitrogen and oxygen atoms in total. The second kappa shape index (κ2) is 7.72. The Kier molecular flexibility index (Phi) is 6.27. The fourth-order valence-electron chi connectivity index (χ4n) is 1.91. The van der Waals surface area contributed by atoms with Crippen LogP contribution in [-0.2, 0) is 14.3 Å². The van der Waals surface area contributed by atoms with Gasteiger partial charge in [0, 0.05) is 26.1 Å². The van der Waals surface area contributed by atoms with E-state index in [1.165, 1.54) is 4.90 Å². The maximum Gasteiger partial charge on any atom is 0.318 e. The van der Waals surface area contributed by atoms with Crippen LogP contribution in [0.1, 0.15) is 33.6 Å². The first-order valence-corrected chi connectivity index (χ1v) is 6.93. The van der Waals surface area contributed by atoms with Crippen LogP contribution in [0.3, 0.4) is 0 Å². The van der Waals surface area contributed by atoms with E-state index < -0.39 is 6.04 Å². The molecule has 0 bridgehead atoms. The molecule has 0 aromatic rings. The Hall–Kier alpha value is -1.79. The first-order chi connectivity index (χ1) is 9.41. The second-order valence-corrected chi connectivity index (χ2v) is 5.03. The van der Waals surface area contributed by atoms with Crippen LogP contribution in [0.15, 0.2) is 0 Å². The predicted octanol–water partition coefficient (Wildman–Crippen LogP) is 0.248. The lowest BCUT2D eigenvalue weighted by molar-refractivity contribution is -0.147. The van der Waals surface area contributed by atoms with Crippen LogP contribution in [0.4, 0.5) is 4.79 Å². The monoisotopic (exact) mass is 285 g/mol. The molecule has 0 aromatic carbocycles. The molecule has 0 aromatic heterocycles. The molecule has 1 atom stereocenters. The molecule has 3 amide bonds. The Morgan fingerprint density at radius 3 is 2.85 bits per heavy atom. The summed E-state index contributed by atoms with van der Waals surface area (Å²) in [4.78, 5) is 36.1. The lowest BCUT2D eigenvalue weighted by Gasteiger charge is -2.32. The number of urea groups is 1. The summed E-state index contributed by atoms with van der Waals surface area (Å²) in [6.45, 7) is 6.63. The number of carbonyl (C=O) groups is 3. The Bertz CT molecular complexity index is 371. The van der Waals surface area contributed by atoms with E-state index in [1.54, 1.807) is 20.8 Å². The van der Waals surface area contributed by atoms with Gasteiger partial charge in [-0.15, -0.1) is 0 Å². The third-order valence-electron chi connectivity index (χ3n) is 2.96. The van der Waals surface area contributed by atoms with E-state index in [0.717, 1.165) is 0 Å². The first-order valence-electron chi connectivity index (χ1n) is 6.93. The number of rotatable bonds is 5. The molecule has 0 aliphatic carbocycles. The average molecular weight is 285 g/mol. The maximum absolute atomic E-state index is 11.9. The summed E-state index contributed by atoms with van der Waals surface area (Å²) in [6.07, 6.45) is 0.671. The number of ether oxygens (including phenoxy) is 1. The number of esters is 1. The van der Waals surface area contributed by atoms with Crippen molar-refractivity contribution >= 4 is 17.9 Å². The largest absolute Gasteiger partial charge is 0.463 e. The van der Waals surface area contributed by atoms with Gasteiger partial charge in [-0.3, -0.25) is 9.59 Å². The van der Waals surface area contributed by atoms with Gasteiger partial charge in [-0.1, -0.05) is 0 Å². The molecule has 1 fully saturated rings. The summed E-state index contributed by atoms with van der Waals surface area (Å²) in [5.41, 5.74) is 0. The minimum atomic E-state index is -0.463. The number of hydrogen-bond acceptors (Lipinski definition) is 4. The molecule has 0 saturated carbocycles. The van der Waals surface area contributed by atoms with Crippen molar-refractivity contribution in [3.05, 3.63) is 0 Å². The molecule has 1 rings (SSSR count). The van der Waals surface area contributed by atoms with Gasteiger partial charge < -0.3 is 20.3 Å². The van der Waals surface area contributed by atoms with Crippen molar-refractivity contribution in [3.8, 4) is 0 Å². The number of piperazine rings is 1. The molecule has 0 radical (unpaired) electrons. The van der Waals surface area contributed by atoms with Gasteiger partial charge >= 0.3 is 12.0 Å². The molecule has 0 spiro atoms. The predicted molar refractivity (Wildman–Crippen MR) is 73.0 cm³/mol. The van der Waals surface area contributed by atoms with Gasteiger partial charge in [0.1, 0.15) is 6.04 Å². The molecule has 7 heteroatoms. The van der Waals surface area contributed by atoms with E-state index in [2.05, 4.69) is 10.6 Å². The summed E-state index contributed by atoms with van der Waals surface area (Å²) in [7, 11) is 0. The van der Waals surface area contributed by atoms with Gasteiger partial charge in [0.15, 0.2) is 0 Å². The standard InChI is InChI=1S/C13H23N3O4/c1-9(2)20-11(17)5-4-6-15-13(19)16-8-7-14-12(18)10(16)3/h9-10H,4-8H2,1-3H3,(H,14,18)(H,15,19). The maximum atomic E-state index is 11.9. The van der Waals surface area contributed by atoms with Crippen LogP contribution >= 0.6 is 0 Å². The summed E-state index contributed by atoms with van der Waals surface area (Å²) < 4.78 is 4.99. The highest BCUT2D eigenvalue weighted by Gasteiger charge is 2.28. The minimum absolute atomic E-state index is 0.121. The van der Waals surface area contributed by atoms with Crippen LogP contribution < -0.4 is 10.6 Å². The summed E-state index contributed by atoms with van der Waals surface area (Å²) in [5, 5.41) is 5.41. The van der Waals surface area contributed by atoms with Crippen LogP contribution in [0.2, 0.25) is 0 Å². The van der Waals surface area contributed by atoms with E-state index in [0.29, 0.717) is 26.1 Å². The Labute approximate surface area is 119 Å². The van der Waals surface area contributed by atoms with Crippen molar-refractivity contribution in [2.45, 2.75) is 45.8 Å². The number of amides is 3. The van der Waals surface area contributed by atoms with Gasteiger partial charge in [-0.2, -0.15) is 0 Å². The summed E-state index contributed by atoms with van der Waals surface area (Å²) in [5.74, 6) is -0.410. The first kappa shape index (κ1) is 16.3. The van der Waals surface area contributed by atoms with Gasteiger partial charge in [0.2, 0.25) is 5.91 Å². The number of hydrogen-bond donors (Lipinski definition) is 2. The zero-order valence-electron chi connectivity index (χ0n) is 12.3. The summed E-state index contributed by atoms with van der Waals surface area (Å²) in [6, 6.07) is -0.737. The third-order valence-corrected chi connectivity index (χ3v) is 2.96. The molecule has 1 saturated heterocycles. The molecule has 1 aliphatic heterocycles. The van der Waals surface area contributed by atoms with Gasteiger partial charge in [0.05, 0.1) is 6.10 Å². The Morgan fingerprint density at radius 1 is 1.50 bits per heavy atom. The Morgan fingerprint density at radius 2 is 2.20 bits per heavy atom. The topological polar surface area (TPSA) is 87.7 Å². The van der Waals surface area contributed by atoms with Crippen LogP contribution in [0.5, 0.6) is 0 Å². The van der Waals surface area contributed by atoms with Crippen molar-refractivity contribution in [2.75, 3.05) is 19.6 Å². The zero-order valence-corrected chi connectivity index (χ0v) is 12.3. The average Bonchev–Trinajstić information content (AvgIpc) is 2.37. The van der Waals surface area contributed by atoms with Gasteiger partial charge in [0.25, 0.3) is 0 Å². The third kappa shape index (κ3) is 5.07. The lowest BCUT2D eigenvalue weighted by atomic mass is 10.2. The molecule has 1 aliphatic rings. The highest BCUT2D eigenvalue weighted by atomic mass is 16.5.